The van der Waals surface area contributed by atoms with Crippen LogP contribution in [0.3, 0.4) is 0 Å². The summed E-state index contributed by atoms with van der Waals surface area (Å²) in [4.78, 5) is 0. The molecule has 11 rings (SSSR count). The standard InChI is InChI=1S/C50H30O/c1-2-14-31(15-3-1)34-27-28-43(38-21-9-8-20-37(34)38)46-39-22-10-12-24-41(39)47(42-25-13-11-23-40(42)46)44-30-33-17-5-7-19-36(33)49-48-35-18-6-4-16-32(35)26-29-45(48)51-50(44)49/h1-30H. The highest BCUT2D eigenvalue weighted by molar-refractivity contribution is 6.32. The molecule has 1 heterocycles. The maximum atomic E-state index is 6.98. The van der Waals surface area contributed by atoms with Crippen LogP contribution in [0.1, 0.15) is 0 Å². The molecule has 0 saturated heterocycles. The first-order chi connectivity index (χ1) is 25.3. The number of fused-ring (bicyclic) bond motifs is 10. The van der Waals surface area contributed by atoms with E-state index in [1.807, 2.05) is 0 Å². The van der Waals surface area contributed by atoms with Gasteiger partial charge in [-0.05, 0) is 88.2 Å². The summed E-state index contributed by atoms with van der Waals surface area (Å²) in [5.74, 6) is 0. The number of benzene rings is 10. The zero-order valence-corrected chi connectivity index (χ0v) is 27.7. The minimum atomic E-state index is 0.913. The van der Waals surface area contributed by atoms with Crippen molar-refractivity contribution >= 4 is 75.8 Å². The Labute approximate surface area is 294 Å². The molecule has 0 aliphatic carbocycles. The molecule has 0 spiro atoms. The van der Waals surface area contributed by atoms with E-state index in [0.717, 1.165) is 16.7 Å². The summed E-state index contributed by atoms with van der Waals surface area (Å²) in [5.41, 5.74) is 9.13. The van der Waals surface area contributed by atoms with E-state index in [1.54, 1.807) is 0 Å². The Bertz CT molecular complexity index is 3130. The van der Waals surface area contributed by atoms with Gasteiger partial charge in [-0.2, -0.15) is 0 Å². The van der Waals surface area contributed by atoms with Crippen molar-refractivity contribution in [3.8, 4) is 33.4 Å². The van der Waals surface area contributed by atoms with Gasteiger partial charge < -0.3 is 4.42 Å². The van der Waals surface area contributed by atoms with E-state index in [1.165, 1.54) is 92.5 Å². The molecule has 1 heteroatoms. The van der Waals surface area contributed by atoms with Crippen molar-refractivity contribution in [3.63, 3.8) is 0 Å². The van der Waals surface area contributed by atoms with E-state index in [9.17, 15) is 0 Å². The lowest BCUT2D eigenvalue weighted by atomic mass is 9.83. The zero-order chi connectivity index (χ0) is 33.5. The Morgan fingerprint density at radius 3 is 1.41 bits per heavy atom. The normalized spacial score (nSPS) is 11.9. The van der Waals surface area contributed by atoms with E-state index < -0.39 is 0 Å². The van der Waals surface area contributed by atoms with Crippen molar-refractivity contribution in [2.45, 2.75) is 0 Å². The summed E-state index contributed by atoms with van der Waals surface area (Å²) in [5, 5.41) is 14.6. The van der Waals surface area contributed by atoms with E-state index in [0.29, 0.717) is 0 Å². The minimum absolute atomic E-state index is 0.913. The van der Waals surface area contributed by atoms with Crippen LogP contribution in [0.5, 0.6) is 0 Å². The van der Waals surface area contributed by atoms with Crippen molar-refractivity contribution in [2.24, 2.45) is 0 Å². The van der Waals surface area contributed by atoms with E-state index >= 15 is 0 Å². The zero-order valence-electron chi connectivity index (χ0n) is 27.7. The molecule has 11 aromatic rings. The van der Waals surface area contributed by atoms with Crippen LogP contribution in [0.2, 0.25) is 0 Å². The summed E-state index contributed by atoms with van der Waals surface area (Å²) in [6, 6.07) is 66.1. The molecule has 0 N–H and O–H groups in total. The van der Waals surface area contributed by atoms with Gasteiger partial charge in [0, 0.05) is 21.9 Å². The SMILES string of the molecule is c1ccc(-c2ccc(-c3c4ccccc4c(-c4cc5ccccc5c5c4oc4ccc6ccccc6c45)c4ccccc34)c3ccccc23)cc1. The second-order valence-electron chi connectivity index (χ2n) is 13.5. The summed E-state index contributed by atoms with van der Waals surface area (Å²) in [7, 11) is 0. The smallest absolute Gasteiger partial charge is 0.143 e. The largest absolute Gasteiger partial charge is 0.455 e. The molecule has 0 aliphatic rings. The van der Waals surface area contributed by atoms with Crippen LogP contribution in [0.4, 0.5) is 0 Å². The molecule has 0 aliphatic heterocycles. The van der Waals surface area contributed by atoms with E-state index in [-0.39, 0.29) is 0 Å². The lowest BCUT2D eigenvalue weighted by Crippen LogP contribution is -1.93. The monoisotopic (exact) mass is 646 g/mol. The summed E-state index contributed by atoms with van der Waals surface area (Å²) in [6.07, 6.45) is 0. The fraction of sp³-hybridized carbons (Fsp3) is 0. The first-order valence-electron chi connectivity index (χ1n) is 17.6. The Balaban J connectivity index is 1.29. The van der Waals surface area contributed by atoms with Crippen molar-refractivity contribution < 1.29 is 4.42 Å². The van der Waals surface area contributed by atoms with Gasteiger partial charge in [0.2, 0.25) is 0 Å². The maximum absolute atomic E-state index is 6.98. The Hall–Kier alpha value is -6.70. The molecule has 236 valence electrons. The van der Waals surface area contributed by atoms with Gasteiger partial charge >= 0.3 is 0 Å². The number of hydrogen-bond acceptors (Lipinski definition) is 1. The first kappa shape index (κ1) is 28.2. The van der Waals surface area contributed by atoms with Crippen LogP contribution in [0.15, 0.2) is 186 Å². The molecular formula is C50H30O. The van der Waals surface area contributed by atoms with Crippen molar-refractivity contribution in [1.82, 2.24) is 0 Å². The van der Waals surface area contributed by atoms with Crippen molar-refractivity contribution in [1.29, 1.82) is 0 Å². The van der Waals surface area contributed by atoms with Crippen LogP contribution >= 0.6 is 0 Å². The molecule has 0 bridgehead atoms. The highest BCUT2D eigenvalue weighted by Gasteiger charge is 2.23. The highest BCUT2D eigenvalue weighted by Crippen LogP contribution is 2.50. The quantitative estimate of drug-likeness (QED) is 0.174. The van der Waals surface area contributed by atoms with Crippen LogP contribution in [0.25, 0.3) is 109 Å². The molecule has 0 atom stereocenters. The second-order valence-corrected chi connectivity index (χ2v) is 13.5. The molecule has 0 fully saturated rings. The van der Waals surface area contributed by atoms with Crippen molar-refractivity contribution in [2.75, 3.05) is 0 Å². The molecule has 0 unspecified atom stereocenters. The van der Waals surface area contributed by atoms with Gasteiger partial charge in [-0.25, -0.2) is 0 Å². The number of rotatable bonds is 3. The van der Waals surface area contributed by atoms with Gasteiger partial charge in [-0.15, -0.1) is 0 Å². The number of furan rings is 1. The minimum Gasteiger partial charge on any atom is -0.455 e. The lowest BCUT2D eigenvalue weighted by Gasteiger charge is -2.20. The summed E-state index contributed by atoms with van der Waals surface area (Å²) >= 11 is 0. The van der Waals surface area contributed by atoms with Crippen LogP contribution in [-0.4, -0.2) is 0 Å². The third kappa shape index (κ3) is 4.09. The molecule has 1 aromatic heterocycles. The average Bonchev–Trinajstić information content (AvgIpc) is 3.61. The third-order valence-corrected chi connectivity index (χ3v) is 10.8. The molecule has 0 radical (unpaired) electrons. The molecule has 51 heavy (non-hydrogen) atoms. The first-order valence-corrected chi connectivity index (χ1v) is 17.6. The Kier molecular flexibility index (Phi) is 6.02. The molecular weight excluding hydrogens is 617 g/mol. The Morgan fingerprint density at radius 1 is 0.294 bits per heavy atom. The predicted octanol–water partition coefficient (Wildman–Crippen LogP) is 14.4. The predicted molar refractivity (Wildman–Crippen MR) is 218 cm³/mol. The molecule has 10 aromatic carbocycles. The fourth-order valence-electron chi connectivity index (χ4n) is 8.67. The van der Waals surface area contributed by atoms with Crippen molar-refractivity contribution in [3.05, 3.63) is 182 Å². The summed E-state index contributed by atoms with van der Waals surface area (Å²) in [6.45, 7) is 0. The van der Waals surface area contributed by atoms with Crippen LogP contribution in [-0.2, 0) is 0 Å². The van der Waals surface area contributed by atoms with Gasteiger partial charge in [0.05, 0.1) is 0 Å². The van der Waals surface area contributed by atoms with E-state index in [4.69, 9.17) is 4.42 Å². The van der Waals surface area contributed by atoms with Gasteiger partial charge in [-0.1, -0.05) is 170 Å². The third-order valence-electron chi connectivity index (χ3n) is 10.8. The maximum Gasteiger partial charge on any atom is 0.143 e. The van der Waals surface area contributed by atoms with Gasteiger partial charge in [0.25, 0.3) is 0 Å². The van der Waals surface area contributed by atoms with E-state index in [2.05, 4.69) is 182 Å². The average molecular weight is 647 g/mol. The van der Waals surface area contributed by atoms with Crippen LogP contribution in [0, 0.1) is 0 Å². The Morgan fingerprint density at radius 2 is 0.765 bits per heavy atom. The van der Waals surface area contributed by atoms with Gasteiger partial charge in [0.1, 0.15) is 11.2 Å². The molecule has 1 nitrogen and oxygen atoms in total. The van der Waals surface area contributed by atoms with Crippen LogP contribution < -0.4 is 0 Å². The topological polar surface area (TPSA) is 13.1 Å². The van der Waals surface area contributed by atoms with Gasteiger partial charge in [0.15, 0.2) is 0 Å². The van der Waals surface area contributed by atoms with Gasteiger partial charge in [-0.3, -0.25) is 0 Å². The molecule has 0 amide bonds. The molecule has 0 saturated carbocycles. The highest BCUT2D eigenvalue weighted by atomic mass is 16.3. The summed E-state index contributed by atoms with van der Waals surface area (Å²) < 4.78 is 6.98. The second kappa shape index (κ2) is 10.9. The fourth-order valence-corrected chi connectivity index (χ4v) is 8.67. The number of hydrogen-bond donors (Lipinski definition) is 0. The lowest BCUT2D eigenvalue weighted by molar-refractivity contribution is 0.670.